The number of halogens is 3. The molecule has 0 bridgehead atoms. The van der Waals surface area contributed by atoms with Crippen LogP contribution in [0, 0.1) is 5.41 Å². The number of rotatable bonds is 5. The zero-order valence-electron chi connectivity index (χ0n) is 16.9. The van der Waals surface area contributed by atoms with E-state index in [0.717, 1.165) is 38.9 Å². The van der Waals surface area contributed by atoms with Crippen molar-refractivity contribution in [3.63, 3.8) is 0 Å². The largest absolute Gasteiger partial charge is 0.389 e. The van der Waals surface area contributed by atoms with Crippen LogP contribution in [-0.4, -0.2) is 48.1 Å². The van der Waals surface area contributed by atoms with Crippen molar-refractivity contribution in [2.45, 2.75) is 64.6 Å². The fraction of sp³-hybridized carbons (Fsp3) is 0.682. The third-order valence-corrected chi connectivity index (χ3v) is 6.21. The van der Waals surface area contributed by atoms with Crippen LogP contribution in [0.5, 0.6) is 0 Å². The molecule has 1 spiro atoms. The molecule has 3 rings (SSSR count). The minimum Gasteiger partial charge on any atom is -0.342 e. The molecule has 2 heterocycles. The molecule has 28 heavy (non-hydrogen) atoms. The average molecular weight is 396 g/mol. The third kappa shape index (κ3) is 5.49. The van der Waals surface area contributed by atoms with Crippen LogP contribution < -0.4 is 0 Å². The van der Waals surface area contributed by atoms with E-state index in [1.807, 2.05) is 0 Å². The molecule has 0 aromatic heterocycles. The predicted molar refractivity (Wildman–Crippen MR) is 104 cm³/mol. The summed E-state index contributed by atoms with van der Waals surface area (Å²) in [6, 6.07) is 8.77. The molecular weight excluding hydrogens is 365 g/mol. The highest BCUT2D eigenvalue weighted by Gasteiger charge is 2.43. The Balaban J connectivity index is 1.55. The highest BCUT2D eigenvalue weighted by atomic mass is 19.4. The number of piperidine rings is 1. The number of likely N-dealkylation sites (tertiary alicyclic amines) is 2. The van der Waals surface area contributed by atoms with Gasteiger partial charge in [-0.05, 0) is 42.9 Å². The third-order valence-electron chi connectivity index (χ3n) is 6.21. The lowest BCUT2D eigenvalue weighted by Crippen LogP contribution is -2.45. The molecule has 0 aliphatic carbocycles. The van der Waals surface area contributed by atoms with Gasteiger partial charge in [-0.1, -0.05) is 38.1 Å². The molecule has 1 atom stereocenters. The van der Waals surface area contributed by atoms with Crippen LogP contribution in [0.15, 0.2) is 24.3 Å². The Bertz CT molecular complexity index is 671. The van der Waals surface area contributed by atoms with Gasteiger partial charge < -0.3 is 4.90 Å². The molecule has 3 nitrogen and oxygen atoms in total. The molecule has 1 amide bonds. The summed E-state index contributed by atoms with van der Waals surface area (Å²) < 4.78 is 37.2. The van der Waals surface area contributed by atoms with Crippen LogP contribution in [0.4, 0.5) is 13.2 Å². The maximum absolute atomic E-state index is 12.4. The van der Waals surface area contributed by atoms with Gasteiger partial charge in [0, 0.05) is 38.0 Å². The van der Waals surface area contributed by atoms with Gasteiger partial charge in [-0.3, -0.25) is 9.69 Å². The smallest absolute Gasteiger partial charge is 0.342 e. The fourth-order valence-corrected chi connectivity index (χ4v) is 4.60. The van der Waals surface area contributed by atoms with Gasteiger partial charge in [0.25, 0.3) is 0 Å². The summed E-state index contributed by atoms with van der Waals surface area (Å²) in [6.07, 6.45) is -2.68. The van der Waals surface area contributed by atoms with Gasteiger partial charge in [0.05, 0.1) is 6.42 Å². The molecule has 0 N–H and O–H groups in total. The van der Waals surface area contributed by atoms with E-state index in [2.05, 4.69) is 43.0 Å². The first-order valence-corrected chi connectivity index (χ1v) is 10.3. The molecule has 1 aromatic rings. The number of hydrogen-bond donors (Lipinski definition) is 0. The Hall–Kier alpha value is -1.56. The highest BCUT2D eigenvalue weighted by molar-refractivity contribution is 5.76. The minimum atomic E-state index is -4.26. The van der Waals surface area contributed by atoms with Crippen molar-refractivity contribution in [3.8, 4) is 0 Å². The van der Waals surface area contributed by atoms with Gasteiger partial charge in [0.15, 0.2) is 0 Å². The summed E-state index contributed by atoms with van der Waals surface area (Å²) >= 11 is 0. The van der Waals surface area contributed by atoms with Gasteiger partial charge in [-0.15, -0.1) is 0 Å². The van der Waals surface area contributed by atoms with Crippen LogP contribution in [-0.2, 0) is 11.3 Å². The first-order valence-electron chi connectivity index (χ1n) is 10.3. The molecular formula is C22H31F3N2O. The summed E-state index contributed by atoms with van der Waals surface area (Å²) in [6.45, 7) is 8.41. The maximum atomic E-state index is 12.4. The Morgan fingerprint density at radius 1 is 1.11 bits per heavy atom. The van der Waals surface area contributed by atoms with Gasteiger partial charge in [-0.2, -0.15) is 13.2 Å². The summed E-state index contributed by atoms with van der Waals surface area (Å²) in [5.74, 6) is 0.169. The van der Waals surface area contributed by atoms with Crippen molar-refractivity contribution >= 4 is 5.91 Å². The average Bonchev–Trinajstić information content (AvgIpc) is 3.03. The van der Waals surface area contributed by atoms with E-state index >= 15 is 0 Å². The van der Waals surface area contributed by atoms with E-state index in [-0.39, 0.29) is 11.3 Å². The summed E-state index contributed by atoms with van der Waals surface area (Å²) in [7, 11) is 0. The van der Waals surface area contributed by atoms with E-state index in [4.69, 9.17) is 0 Å². The number of alkyl halides is 3. The summed E-state index contributed by atoms with van der Waals surface area (Å²) in [5, 5.41) is 0. The van der Waals surface area contributed by atoms with Crippen molar-refractivity contribution in [2.75, 3.05) is 26.2 Å². The second-order valence-electron chi connectivity index (χ2n) is 8.89. The molecule has 2 aliphatic heterocycles. The number of hydrogen-bond acceptors (Lipinski definition) is 2. The van der Waals surface area contributed by atoms with Gasteiger partial charge in [-0.25, -0.2) is 0 Å². The standard InChI is InChI=1S/C22H31F3N2O/c1-17(2)19-6-4-18(5-7-19)14-26-12-3-9-21(15-26)11-13-27(16-21)20(28)8-10-22(23,24)25/h4-7,17H,3,8-16H2,1-2H3. The number of benzene rings is 1. The van der Waals surface area contributed by atoms with Crippen LogP contribution >= 0.6 is 0 Å². The Morgan fingerprint density at radius 3 is 2.46 bits per heavy atom. The molecule has 2 aliphatic rings. The van der Waals surface area contributed by atoms with Crippen LogP contribution in [0.25, 0.3) is 0 Å². The second-order valence-corrected chi connectivity index (χ2v) is 8.89. The van der Waals surface area contributed by atoms with E-state index in [0.29, 0.717) is 19.0 Å². The van der Waals surface area contributed by atoms with Crippen LogP contribution in [0.1, 0.15) is 63.0 Å². The normalized spacial score (nSPS) is 23.7. The summed E-state index contributed by atoms with van der Waals surface area (Å²) in [4.78, 5) is 16.3. The zero-order valence-corrected chi connectivity index (χ0v) is 16.9. The van der Waals surface area contributed by atoms with E-state index in [1.54, 1.807) is 4.90 Å². The van der Waals surface area contributed by atoms with Crippen molar-refractivity contribution in [3.05, 3.63) is 35.4 Å². The SMILES string of the molecule is CC(C)c1ccc(CN2CCCC3(CCN(C(=O)CCC(F)(F)F)C3)C2)cc1. The van der Waals surface area contributed by atoms with Gasteiger partial charge in [0.1, 0.15) is 0 Å². The van der Waals surface area contributed by atoms with Crippen molar-refractivity contribution in [2.24, 2.45) is 5.41 Å². The van der Waals surface area contributed by atoms with Crippen molar-refractivity contribution < 1.29 is 18.0 Å². The first-order chi connectivity index (χ1) is 13.2. The Morgan fingerprint density at radius 2 is 1.82 bits per heavy atom. The lowest BCUT2D eigenvalue weighted by atomic mass is 9.79. The van der Waals surface area contributed by atoms with E-state index < -0.39 is 19.0 Å². The van der Waals surface area contributed by atoms with Crippen LogP contribution in [0.2, 0.25) is 0 Å². The molecule has 2 fully saturated rings. The van der Waals surface area contributed by atoms with Gasteiger partial charge >= 0.3 is 6.18 Å². The number of amides is 1. The monoisotopic (exact) mass is 396 g/mol. The molecule has 6 heteroatoms. The molecule has 156 valence electrons. The molecule has 1 unspecified atom stereocenters. The first kappa shape index (κ1) is 21.2. The lowest BCUT2D eigenvalue weighted by molar-refractivity contribution is -0.148. The Kier molecular flexibility index (Phi) is 6.37. The zero-order chi connectivity index (χ0) is 20.4. The highest BCUT2D eigenvalue weighted by Crippen LogP contribution is 2.40. The fourth-order valence-electron chi connectivity index (χ4n) is 4.60. The minimum absolute atomic E-state index is 0.0457. The van der Waals surface area contributed by atoms with Crippen molar-refractivity contribution in [1.29, 1.82) is 0 Å². The number of carbonyl (C=O) groups excluding carboxylic acids is 1. The Labute approximate surface area is 165 Å². The van der Waals surface area contributed by atoms with E-state index in [9.17, 15) is 18.0 Å². The predicted octanol–water partition coefficient (Wildman–Crippen LogP) is 4.97. The maximum Gasteiger partial charge on any atom is 0.389 e. The quantitative estimate of drug-likeness (QED) is 0.702. The molecule has 1 aromatic carbocycles. The summed E-state index contributed by atoms with van der Waals surface area (Å²) in [5.41, 5.74) is 2.67. The number of carbonyl (C=O) groups is 1. The van der Waals surface area contributed by atoms with Gasteiger partial charge in [0.2, 0.25) is 5.91 Å². The molecule has 0 saturated carbocycles. The van der Waals surface area contributed by atoms with Crippen molar-refractivity contribution in [1.82, 2.24) is 9.80 Å². The van der Waals surface area contributed by atoms with Crippen LogP contribution in [0.3, 0.4) is 0 Å². The molecule has 0 radical (unpaired) electrons. The lowest BCUT2D eigenvalue weighted by Gasteiger charge is -2.40. The molecule has 2 saturated heterocycles. The topological polar surface area (TPSA) is 23.6 Å². The second kappa shape index (κ2) is 8.44. The van der Waals surface area contributed by atoms with E-state index in [1.165, 1.54) is 11.1 Å². The number of nitrogens with zero attached hydrogens (tertiary/aromatic N) is 2.